The van der Waals surface area contributed by atoms with E-state index < -0.39 is 0 Å². The van der Waals surface area contributed by atoms with Crippen molar-refractivity contribution in [1.29, 1.82) is 0 Å². The Balaban J connectivity index is 0.00000338. The Bertz CT molecular complexity index is 496. The highest BCUT2D eigenvalue weighted by molar-refractivity contribution is 14.0. The first kappa shape index (κ1) is 23.0. The first-order valence-electron chi connectivity index (χ1n) is 9.08. The third-order valence-electron chi connectivity index (χ3n) is 4.09. The minimum Gasteiger partial charge on any atom is -0.492 e. The molecular formula is C19H32IN3O3. The number of halogens is 1. The lowest BCUT2D eigenvalue weighted by atomic mass is 10.2. The van der Waals surface area contributed by atoms with Crippen molar-refractivity contribution < 1.29 is 14.2 Å². The van der Waals surface area contributed by atoms with Crippen molar-refractivity contribution in [3.8, 4) is 5.75 Å². The van der Waals surface area contributed by atoms with E-state index in [0.717, 1.165) is 57.3 Å². The highest BCUT2D eigenvalue weighted by Gasteiger charge is 2.14. The van der Waals surface area contributed by atoms with Gasteiger partial charge in [-0.15, -0.1) is 24.0 Å². The van der Waals surface area contributed by atoms with Gasteiger partial charge in [0.15, 0.2) is 5.96 Å². The maximum atomic E-state index is 5.72. The van der Waals surface area contributed by atoms with E-state index in [4.69, 9.17) is 14.2 Å². The summed E-state index contributed by atoms with van der Waals surface area (Å²) in [5.74, 6) is 1.76. The molecule has 1 aliphatic heterocycles. The molecule has 1 aliphatic rings. The lowest BCUT2D eigenvalue weighted by Gasteiger charge is -2.22. The average Bonchev–Trinajstić information content (AvgIpc) is 3.15. The van der Waals surface area contributed by atoms with Crippen molar-refractivity contribution in [3.63, 3.8) is 0 Å². The molecule has 0 aromatic heterocycles. The lowest BCUT2D eigenvalue weighted by molar-refractivity contribution is 0.0168. The van der Waals surface area contributed by atoms with E-state index in [1.54, 1.807) is 7.05 Å². The molecule has 1 fully saturated rings. The number of rotatable bonds is 10. The SMILES string of the molecule is CN=C(NCCCOCC1CCCO1)N(C)CCOc1ccccc1.I. The molecule has 1 N–H and O–H groups in total. The Labute approximate surface area is 174 Å². The van der Waals surface area contributed by atoms with Crippen LogP contribution in [0.4, 0.5) is 0 Å². The topological polar surface area (TPSA) is 55.3 Å². The molecule has 1 heterocycles. The number of nitrogens with one attached hydrogen (secondary N) is 1. The Morgan fingerprint density at radius 1 is 1.31 bits per heavy atom. The standard InChI is InChI=1S/C19H31N3O3.HI/c1-20-19(21-11-7-13-23-16-18-10-6-14-24-18)22(2)12-15-25-17-8-4-3-5-9-17;/h3-5,8-9,18H,6-7,10-16H2,1-2H3,(H,20,21);1H. The summed E-state index contributed by atoms with van der Waals surface area (Å²) in [4.78, 5) is 6.38. The number of benzene rings is 1. The molecule has 6 nitrogen and oxygen atoms in total. The van der Waals surface area contributed by atoms with E-state index in [1.165, 1.54) is 0 Å². The predicted molar refractivity (Wildman–Crippen MR) is 116 cm³/mol. The molecule has 148 valence electrons. The Hall–Kier alpha value is -1.06. The van der Waals surface area contributed by atoms with E-state index in [1.807, 2.05) is 37.4 Å². The van der Waals surface area contributed by atoms with E-state index >= 15 is 0 Å². The summed E-state index contributed by atoms with van der Waals surface area (Å²) in [6.45, 7) is 4.56. The molecule has 0 aliphatic carbocycles. The number of nitrogens with zero attached hydrogens (tertiary/aromatic N) is 2. The minimum absolute atomic E-state index is 0. The van der Waals surface area contributed by atoms with Crippen molar-refractivity contribution in [1.82, 2.24) is 10.2 Å². The quantitative estimate of drug-likeness (QED) is 0.243. The predicted octanol–water partition coefficient (Wildman–Crippen LogP) is 2.78. The van der Waals surface area contributed by atoms with Gasteiger partial charge in [-0.05, 0) is 31.4 Å². The van der Waals surface area contributed by atoms with Crippen LogP contribution < -0.4 is 10.1 Å². The van der Waals surface area contributed by atoms with Crippen LogP contribution in [0.5, 0.6) is 5.75 Å². The number of para-hydroxylation sites is 1. The second-order valence-electron chi connectivity index (χ2n) is 6.12. The van der Waals surface area contributed by atoms with Gasteiger partial charge in [0.2, 0.25) is 0 Å². The average molecular weight is 477 g/mol. The van der Waals surface area contributed by atoms with Gasteiger partial charge in [0, 0.05) is 33.9 Å². The second kappa shape index (κ2) is 14.1. The van der Waals surface area contributed by atoms with Gasteiger partial charge in [0.1, 0.15) is 12.4 Å². The first-order chi connectivity index (χ1) is 12.3. The summed E-state index contributed by atoms with van der Waals surface area (Å²) in [7, 11) is 3.81. The molecule has 1 atom stereocenters. The van der Waals surface area contributed by atoms with E-state index in [0.29, 0.717) is 19.3 Å². The summed E-state index contributed by atoms with van der Waals surface area (Å²) >= 11 is 0. The summed E-state index contributed by atoms with van der Waals surface area (Å²) in [5, 5.41) is 3.36. The summed E-state index contributed by atoms with van der Waals surface area (Å²) in [6.07, 6.45) is 3.53. The van der Waals surface area contributed by atoms with Gasteiger partial charge < -0.3 is 24.4 Å². The van der Waals surface area contributed by atoms with Crippen molar-refractivity contribution in [2.24, 2.45) is 4.99 Å². The molecule has 0 saturated carbocycles. The summed E-state index contributed by atoms with van der Waals surface area (Å²) < 4.78 is 16.9. The summed E-state index contributed by atoms with van der Waals surface area (Å²) in [5.41, 5.74) is 0. The largest absolute Gasteiger partial charge is 0.492 e. The van der Waals surface area contributed by atoms with Crippen molar-refractivity contribution >= 4 is 29.9 Å². The molecule has 1 saturated heterocycles. The first-order valence-corrected chi connectivity index (χ1v) is 9.08. The number of hydrogen-bond donors (Lipinski definition) is 1. The minimum atomic E-state index is 0. The van der Waals surface area contributed by atoms with Crippen molar-refractivity contribution in [2.75, 3.05) is 53.6 Å². The van der Waals surface area contributed by atoms with Crippen LogP contribution in [0.15, 0.2) is 35.3 Å². The normalized spacial score (nSPS) is 16.8. The third kappa shape index (κ3) is 9.05. The van der Waals surface area contributed by atoms with E-state index in [2.05, 4.69) is 15.2 Å². The van der Waals surface area contributed by atoms with E-state index in [-0.39, 0.29) is 24.0 Å². The van der Waals surface area contributed by atoms with Crippen LogP contribution in [-0.2, 0) is 9.47 Å². The van der Waals surface area contributed by atoms with Gasteiger partial charge in [-0.1, -0.05) is 18.2 Å². The molecule has 0 bridgehead atoms. The van der Waals surface area contributed by atoms with Crippen LogP contribution in [0, 0.1) is 0 Å². The molecule has 0 radical (unpaired) electrons. The molecule has 0 spiro atoms. The summed E-state index contributed by atoms with van der Waals surface area (Å²) in [6, 6.07) is 9.85. The number of likely N-dealkylation sites (N-methyl/N-ethyl adjacent to an activating group) is 1. The number of hydrogen-bond acceptors (Lipinski definition) is 4. The Morgan fingerprint density at radius 2 is 2.12 bits per heavy atom. The second-order valence-corrected chi connectivity index (χ2v) is 6.12. The van der Waals surface area contributed by atoms with Crippen LogP contribution in [-0.4, -0.2) is 70.6 Å². The van der Waals surface area contributed by atoms with Crippen molar-refractivity contribution in [2.45, 2.75) is 25.4 Å². The van der Waals surface area contributed by atoms with Crippen LogP contribution in [0.2, 0.25) is 0 Å². The Kier molecular flexibility index (Phi) is 12.4. The molecule has 7 heteroatoms. The lowest BCUT2D eigenvalue weighted by Crippen LogP contribution is -2.41. The highest BCUT2D eigenvalue weighted by Crippen LogP contribution is 2.11. The van der Waals surface area contributed by atoms with Crippen molar-refractivity contribution in [3.05, 3.63) is 30.3 Å². The van der Waals surface area contributed by atoms with Gasteiger partial charge in [-0.3, -0.25) is 4.99 Å². The molecule has 26 heavy (non-hydrogen) atoms. The zero-order valence-corrected chi connectivity index (χ0v) is 18.2. The molecule has 1 aromatic carbocycles. The molecule has 2 rings (SSSR count). The monoisotopic (exact) mass is 477 g/mol. The zero-order valence-electron chi connectivity index (χ0n) is 15.9. The maximum Gasteiger partial charge on any atom is 0.193 e. The van der Waals surface area contributed by atoms with Crippen LogP contribution in [0.3, 0.4) is 0 Å². The Morgan fingerprint density at radius 3 is 2.81 bits per heavy atom. The molecule has 0 amide bonds. The fourth-order valence-corrected chi connectivity index (χ4v) is 2.67. The fourth-order valence-electron chi connectivity index (χ4n) is 2.67. The third-order valence-corrected chi connectivity index (χ3v) is 4.09. The highest BCUT2D eigenvalue weighted by atomic mass is 127. The molecular weight excluding hydrogens is 445 g/mol. The fraction of sp³-hybridized carbons (Fsp3) is 0.632. The van der Waals surface area contributed by atoms with Crippen LogP contribution in [0.1, 0.15) is 19.3 Å². The van der Waals surface area contributed by atoms with Crippen LogP contribution >= 0.6 is 24.0 Å². The number of ether oxygens (including phenoxy) is 3. The van der Waals surface area contributed by atoms with Gasteiger partial charge in [-0.2, -0.15) is 0 Å². The molecule has 1 unspecified atom stereocenters. The number of guanidine groups is 1. The van der Waals surface area contributed by atoms with Gasteiger partial charge in [0.05, 0.1) is 19.3 Å². The van der Waals surface area contributed by atoms with Crippen LogP contribution in [0.25, 0.3) is 0 Å². The van der Waals surface area contributed by atoms with E-state index in [9.17, 15) is 0 Å². The zero-order chi connectivity index (χ0) is 17.7. The van der Waals surface area contributed by atoms with Gasteiger partial charge in [0.25, 0.3) is 0 Å². The van der Waals surface area contributed by atoms with Gasteiger partial charge in [-0.25, -0.2) is 0 Å². The maximum absolute atomic E-state index is 5.72. The van der Waals surface area contributed by atoms with Gasteiger partial charge >= 0.3 is 0 Å². The smallest absolute Gasteiger partial charge is 0.193 e. The number of aliphatic imine (C=N–C) groups is 1. The molecule has 1 aromatic rings.